The van der Waals surface area contributed by atoms with Gasteiger partial charge in [-0.1, -0.05) is 6.07 Å². The number of allylic oxidation sites excluding steroid dienone is 1. The Labute approximate surface area is 172 Å². The standard InChI is InChI=1S/C21H20IN3O2/c1-4-26-19-11-14(10-16(22)20(19)27-5-2)9-15(12-23)21-24-17-7-6-13(3)8-18(17)25-21/h6-11H,4-5H2,1-3H3,(H,24,25). The normalized spacial score (nSPS) is 11.4. The summed E-state index contributed by atoms with van der Waals surface area (Å²) in [4.78, 5) is 7.78. The van der Waals surface area contributed by atoms with Gasteiger partial charge in [0.1, 0.15) is 11.9 Å². The molecule has 27 heavy (non-hydrogen) atoms. The molecule has 1 heterocycles. The quantitative estimate of drug-likeness (QED) is 0.388. The zero-order valence-electron chi connectivity index (χ0n) is 15.5. The first-order chi connectivity index (χ1) is 13.0. The van der Waals surface area contributed by atoms with Gasteiger partial charge >= 0.3 is 0 Å². The molecule has 3 rings (SSSR count). The largest absolute Gasteiger partial charge is 0.490 e. The number of rotatable bonds is 6. The monoisotopic (exact) mass is 473 g/mol. The first kappa shape index (κ1) is 19.2. The van der Waals surface area contributed by atoms with Gasteiger partial charge in [-0.3, -0.25) is 0 Å². The number of aryl methyl sites for hydroxylation is 1. The van der Waals surface area contributed by atoms with E-state index >= 15 is 0 Å². The molecule has 1 N–H and O–H groups in total. The Morgan fingerprint density at radius 3 is 2.70 bits per heavy atom. The van der Waals surface area contributed by atoms with Gasteiger partial charge in [0.05, 0.1) is 33.4 Å². The fraction of sp³-hybridized carbons (Fsp3) is 0.238. The summed E-state index contributed by atoms with van der Waals surface area (Å²) in [5, 5.41) is 9.67. The van der Waals surface area contributed by atoms with Gasteiger partial charge in [-0.2, -0.15) is 5.26 Å². The molecule has 0 saturated carbocycles. The zero-order chi connectivity index (χ0) is 19.4. The summed E-state index contributed by atoms with van der Waals surface area (Å²) in [5.41, 5.74) is 4.23. The van der Waals surface area contributed by atoms with E-state index in [-0.39, 0.29) is 0 Å². The molecule has 138 valence electrons. The molecule has 0 unspecified atom stereocenters. The SMILES string of the molecule is CCOc1cc(C=C(C#N)c2nc3ccc(C)cc3[nH]2)cc(I)c1OCC. The van der Waals surface area contributed by atoms with Crippen molar-refractivity contribution in [2.24, 2.45) is 0 Å². The number of H-pyrrole nitrogens is 1. The van der Waals surface area contributed by atoms with Crippen LogP contribution in [0.2, 0.25) is 0 Å². The molecule has 2 aromatic carbocycles. The van der Waals surface area contributed by atoms with Crippen molar-refractivity contribution in [1.29, 1.82) is 5.26 Å². The summed E-state index contributed by atoms with van der Waals surface area (Å²) in [7, 11) is 0. The Morgan fingerprint density at radius 2 is 2.00 bits per heavy atom. The van der Waals surface area contributed by atoms with Crippen LogP contribution < -0.4 is 9.47 Å². The van der Waals surface area contributed by atoms with E-state index in [2.05, 4.69) is 38.6 Å². The number of fused-ring (bicyclic) bond motifs is 1. The third-order valence-corrected chi connectivity index (χ3v) is 4.75. The van der Waals surface area contributed by atoms with E-state index in [1.165, 1.54) is 0 Å². The molecule has 0 radical (unpaired) electrons. The summed E-state index contributed by atoms with van der Waals surface area (Å²) in [6.07, 6.45) is 1.81. The molecule has 0 fully saturated rings. The van der Waals surface area contributed by atoms with Crippen LogP contribution in [-0.2, 0) is 0 Å². The molecule has 0 spiro atoms. The summed E-state index contributed by atoms with van der Waals surface area (Å²) < 4.78 is 12.4. The number of benzene rings is 2. The maximum absolute atomic E-state index is 9.67. The van der Waals surface area contributed by atoms with E-state index in [0.29, 0.717) is 30.4 Å². The second kappa shape index (κ2) is 8.44. The van der Waals surface area contributed by atoms with Gasteiger partial charge in [-0.15, -0.1) is 0 Å². The van der Waals surface area contributed by atoms with Crippen LogP contribution in [0.4, 0.5) is 0 Å². The third-order valence-electron chi connectivity index (χ3n) is 3.94. The Hall–Kier alpha value is -2.53. The average Bonchev–Trinajstić information content (AvgIpc) is 3.05. The van der Waals surface area contributed by atoms with Gasteiger partial charge in [0, 0.05) is 0 Å². The lowest BCUT2D eigenvalue weighted by atomic mass is 10.1. The number of nitrogens with zero attached hydrogens (tertiary/aromatic N) is 2. The van der Waals surface area contributed by atoms with Crippen LogP contribution in [0.15, 0.2) is 30.3 Å². The summed E-state index contributed by atoms with van der Waals surface area (Å²) in [6, 6.07) is 12.1. The molecule has 0 aliphatic heterocycles. The fourth-order valence-corrected chi connectivity index (χ4v) is 3.57. The molecule has 1 aromatic heterocycles. The van der Waals surface area contributed by atoms with Crippen LogP contribution in [0.1, 0.15) is 30.8 Å². The zero-order valence-corrected chi connectivity index (χ0v) is 17.6. The lowest BCUT2D eigenvalue weighted by Gasteiger charge is -2.13. The smallest absolute Gasteiger partial charge is 0.174 e. The average molecular weight is 473 g/mol. The summed E-state index contributed by atoms with van der Waals surface area (Å²) in [6.45, 7) is 7.00. The van der Waals surface area contributed by atoms with E-state index in [1.54, 1.807) is 0 Å². The van der Waals surface area contributed by atoms with Crippen molar-refractivity contribution in [3.05, 3.63) is 50.9 Å². The minimum absolute atomic E-state index is 0.464. The van der Waals surface area contributed by atoms with E-state index < -0.39 is 0 Å². The molecule has 0 bridgehead atoms. The van der Waals surface area contributed by atoms with Gasteiger partial charge in [0.2, 0.25) is 0 Å². The number of nitriles is 1. The van der Waals surface area contributed by atoms with Crippen molar-refractivity contribution in [2.45, 2.75) is 20.8 Å². The minimum atomic E-state index is 0.464. The first-order valence-corrected chi connectivity index (χ1v) is 9.81. The highest BCUT2D eigenvalue weighted by atomic mass is 127. The predicted molar refractivity (Wildman–Crippen MR) is 116 cm³/mol. The number of aromatic amines is 1. The number of nitrogens with one attached hydrogen (secondary N) is 1. The van der Waals surface area contributed by atoms with E-state index in [4.69, 9.17) is 9.47 Å². The molecular formula is C21H20IN3O2. The Bertz CT molecular complexity index is 1050. The second-order valence-electron chi connectivity index (χ2n) is 5.97. The number of halogens is 1. The molecule has 3 aromatic rings. The van der Waals surface area contributed by atoms with Gasteiger partial charge < -0.3 is 14.5 Å². The van der Waals surface area contributed by atoms with Crippen LogP contribution in [-0.4, -0.2) is 23.2 Å². The van der Waals surface area contributed by atoms with Gasteiger partial charge in [0.25, 0.3) is 0 Å². The van der Waals surface area contributed by atoms with E-state index in [0.717, 1.165) is 31.5 Å². The second-order valence-corrected chi connectivity index (χ2v) is 7.13. The molecule has 0 aliphatic carbocycles. The Kier molecular flexibility index (Phi) is 6.01. The predicted octanol–water partition coefficient (Wildman–Crippen LogP) is 5.34. The van der Waals surface area contributed by atoms with Crippen molar-refractivity contribution in [3.63, 3.8) is 0 Å². The summed E-state index contributed by atoms with van der Waals surface area (Å²) >= 11 is 2.22. The minimum Gasteiger partial charge on any atom is -0.490 e. The topological polar surface area (TPSA) is 70.9 Å². The van der Waals surface area contributed by atoms with Crippen molar-refractivity contribution >= 4 is 45.3 Å². The highest BCUT2D eigenvalue weighted by Gasteiger charge is 2.13. The Balaban J connectivity index is 2.05. The molecule has 5 nitrogen and oxygen atoms in total. The molecule has 0 saturated heterocycles. The van der Waals surface area contributed by atoms with Crippen LogP contribution in [0.3, 0.4) is 0 Å². The molecule has 0 amide bonds. The maximum atomic E-state index is 9.67. The van der Waals surface area contributed by atoms with Gasteiger partial charge in [-0.05, 0) is 84.8 Å². The van der Waals surface area contributed by atoms with Gasteiger partial charge in [0.15, 0.2) is 11.5 Å². The van der Waals surface area contributed by atoms with Crippen molar-refractivity contribution in [2.75, 3.05) is 13.2 Å². The first-order valence-electron chi connectivity index (χ1n) is 8.73. The number of hydrogen-bond acceptors (Lipinski definition) is 4. The van der Waals surface area contributed by atoms with Crippen molar-refractivity contribution in [1.82, 2.24) is 9.97 Å². The third kappa shape index (κ3) is 4.25. The maximum Gasteiger partial charge on any atom is 0.174 e. The molecule has 0 atom stereocenters. The van der Waals surface area contributed by atoms with Gasteiger partial charge in [-0.25, -0.2) is 4.98 Å². The highest BCUT2D eigenvalue weighted by molar-refractivity contribution is 14.1. The van der Waals surface area contributed by atoms with Crippen LogP contribution in [0.5, 0.6) is 11.5 Å². The van der Waals surface area contributed by atoms with Crippen molar-refractivity contribution < 1.29 is 9.47 Å². The molecule has 0 aliphatic rings. The molecular weight excluding hydrogens is 453 g/mol. The lowest BCUT2D eigenvalue weighted by Crippen LogP contribution is -2.01. The van der Waals surface area contributed by atoms with E-state index in [1.807, 2.05) is 57.2 Å². The number of hydrogen-bond donors (Lipinski definition) is 1. The summed E-state index contributed by atoms with van der Waals surface area (Å²) in [5.74, 6) is 1.96. The number of aromatic nitrogens is 2. The van der Waals surface area contributed by atoms with Crippen molar-refractivity contribution in [3.8, 4) is 17.6 Å². The lowest BCUT2D eigenvalue weighted by molar-refractivity contribution is 0.286. The number of imidazole rings is 1. The van der Waals surface area contributed by atoms with E-state index in [9.17, 15) is 5.26 Å². The molecule has 6 heteroatoms. The van der Waals surface area contributed by atoms with Crippen LogP contribution in [0, 0.1) is 21.8 Å². The highest BCUT2D eigenvalue weighted by Crippen LogP contribution is 2.35. The number of ether oxygens (including phenoxy) is 2. The van der Waals surface area contributed by atoms with Crippen LogP contribution in [0.25, 0.3) is 22.7 Å². The van der Waals surface area contributed by atoms with Crippen LogP contribution >= 0.6 is 22.6 Å². The Morgan fingerprint density at radius 1 is 1.22 bits per heavy atom. The fourth-order valence-electron chi connectivity index (χ4n) is 2.79.